The van der Waals surface area contributed by atoms with Crippen molar-refractivity contribution < 1.29 is 9.59 Å². The van der Waals surface area contributed by atoms with Crippen molar-refractivity contribution in [1.82, 2.24) is 10.3 Å². The number of thiophene rings is 1. The van der Waals surface area contributed by atoms with Crippen LogP contribution in [0.1, 0.15) is 44.9 Å². The van der Waals surface area contributed by atoms with Crippen molar-refractivity contribution in [3.8, 4) is 0 Å². The maximum Gasteiger partial charge on any atom is 0.252 e. The Hall–Kier alpha value is -2.51. The second-order valence-electron chi connectivity index (χ2n) is 6.21. The number of nitrogens with zero attached hydrogens (tertiary/aromatic N) is 1. The molecule has 4 rings (SSSR count). The Morgan fingerprint density at radius 2 is 2.12 bits per heavy atom. The number of hydrogen-bond donors (Lipinski definition) is 2. The van der Waals surface area contributed by atoms with Crippen molar-refractivity contribution in [1.29, 1.82) is 0 Å². The Labute approximate surface area is 159 Å². The minimum Gasteiger partial charge on any atom is -0.345 e. The summed E-state index contributed by atoms with van der Waals surface area (Å²) in [5.41, 5.74) is 2.53. The van der Waals surface area contributed by atoms with Gasteiger partial charge >= 0.3 is 0 Å². The highest BCUT2D eigenvalue weighted by atomic mass is 32.1. The molecule has 2 N–H and O–H groups in total. The molecule has 0 bridgehead atoms. The molecule has 1 aliphatic rings. The number of benzene rings is 1. The van der Waals surface area contributed by atoms with Gasteiger partial charge in [0.25, 0.3) is 5.91 Å². The first-order valence-corrected chi connectivity index (χ1v) is 10.0. The van der Waals surface area contributed by atoms with Gasteiger partial charge in [0.15, 0.2) is 5.13 Å². The number of anilines is 1. The highest BCUT2D eigenvalue weighted by Gasteiger charge is 2.36. The van der Waals surface area contributed by atoms with Gasteiger partial charge in [0.1, 0.15) is 0 Å². The molecule has 1 aromatic carbocycles. The predicted octanol–water partition coefficient (Wildman–Crippen LogP) is 4.11. The molecule has 3 heterocycles. The van der Waals surface area contributed by atoms with Crippen molar-refractivity contribution in [2.75, 3.05) is 5.32 Å². The Bertz CT molecular complexity index is 949. The maximum atomic E-state index is 12.6. The van der Waals surface area contributed by atoms with Crippen molar-refractivity contribution in [3.05, 3.63) is 68.9 Å². The number of rotatable bonds is 5. The average Bonchev–Trinajstić information content (AvgIpc) is 3.35. The lowest BCUT2D eigenvalue weighted by Crippen LogP contribution is -2.27. The summed E-state index contributed by atoms with van der Waals surface area (Å²) in [4.78, 5) is 30.3. The minimum atomic E-state index is -0.207. The molecule has 0 aliphatic carbocycles. The molecule has 1 aliphatic heterocycles. The van der Waals surface area contributed by atoms with E-state index in [1.54, 1.807) is 11.3 Å². The highest BCUT2D eigenvalue weighted by molar-refractivity contribution is 7.14. The molecule has 2 unspecified atom stereocenters. The van der Waals surface area contributed by atoms with Crippen molar-refractivity contribution >= 4 is 39.6 Å². The largest absolute Gasteiger partial charge is 0.345 e. The number of carbonyl (C=O) groups is 2. The molecule has 0 radical (unpaired) electrons. The molecule has 132 valence electrons. The summed E-state index contributed by atoms with van der Waals surface area (Å²) in [5, 5.41) is 10.4. The van der Waals surface area contributed by atoms with Crippen LogP contribution in [0.3, 0.4) is 0 Å². The van der Waals surface area contributed by atoms with Crippen LogP contribution in [0.5, 0.6) is 0 Å². The molecule has 0 saturated carbocycles. The summed E-state index contributed by atoms with van der Waals surface area (Å²) < 4.78 is 0. The second-order valence-corrected chi connectivity index (χ2v) is 8.04. The van der Waals surface area contributed by atoms with Crippen LogP contribution in [0.4, 0.5) is 5.13 Å². The van der Waals surface area contributed by atoms with Crippen molar-refractivity contribution in [2.45, 2.75) is 25.3 Å². The fourth-order valence-electron chi connectivity index (χ4n) is 3.26. The fourth-order valence-corrected chi connectivity index (χ4v) is 4.83. The number of fused-ring (bicyclic) bond motifs is 1. The van der Waals surface area contributed by atoms with E-state index >= 15 is 0 Å². The predicted molar refractivity (Wildman–Crippen MR) is 104 cm³/mol. The second kappa shape index (κ2) is 7.01. The molecule has 0 spiro atoms. The van der Waals surface area contributed by atoms with E-state index in [1.165, 1.54) is 11.3 Å². The molecule has 0 saturated heterocycles. The molecule has 7 heteroatoms. The van der Waals surface area contributed by atoms with Gasteiger partial charge in [0.05, 0.1) is 11.7 Å². The summed E-state index contributed by atoms with van der Waals surface area (Å²) in [6.07, 6.45) is 0.276. The van der Waals surface area contributed by atoms with Crippen LogP contribution >= 0.6 is 22.7 Å². The van der Waals surface area contributed by atoms with Gasteiger partial charge < -0.3 is 10.6 Å². The third-order valence-electron chi connectivity index (χ3n) is 4.41. The summed E-state index contributed by atoms with van der Waals surface area (Å²) in [6, 6.07) is 11.4. The van der Waals surface area contributed by atoms with E-state index in [0.29, 0.717) is 10.7 Å². The standard InChI is InChI=1S/C19H17N3O2S2/c1-11-10-26-19(20-11)21-16(23)9-14(15-7-4-8-25-15)17-12-5-2-3-6-13(12)18(24)22-17/h2-8,10,14,17H,9H2,1H3,(H,22,24)(H,20,21,23). The number of aryl methyl sites for hydroxylation is 1. The zero-order valence-electron chi connectivity index (χ0n) is 14.1. The van der Waals surface area contributed by atoms with E-state index < -0.39 is 0 Å². The van der Waals surface area contributed by atoms with Crippen LogP contribution in [0, 0.1) is 6.92 Å². The SMILES string of the molecule is Cc1csc(NC(=O)CC(c2cccs2)C2NC(=O)c3ccccc32)n1. The van der Waals surface area contributed by atoms with E-state index in [0.717, 1.165) is 16.1 Å². The minimum absolute atomic E-state index is 0.0805. The van der Waals surface area contributed by atoms with Gasteiger partial charge in [0, 0.05) is 28.2 Å². The van der Waals surface area contributed by atoms with Gasteiger partial charge in [0.2, 0.25) is 5.91 Å². The van der Waals surface area contributed by atoms with E-state index in [4.69, 9.17) is 0 Å². The maximum absolute atomic E-state index is 12.6. The highest BCUT2D eigenvalue weighted by Crippen LogP contribution is 2.40. The summed E-state index contributed by atoms with van der Waals surface area (Å²) in [7, 11) is 0. The van der Waals surface area contributed by atoms with Crippen LogP contribution in [0.25, 0.3) is 0 Å². The molecular weight excluding hydrogens is 366 g/mol. The van der Waals surface area contributed by atoms with Gasteiger partial charge in [-0.1, -0.05) is 24.3 Å². The number of thiazole rings is 1. The van der Waals surface area contributed by atoms with Crippen molar-refractivity contribution in [2.24, 2.45) is 0 Å². The summed E-state index contributed by atoms with van der Waals surface area (Å²) in [5.74, 6) is -0.303. The summed E-state index contributed by atoms with van der Waals surface area (Å²) in [6.45, 7) is 1.89. The van der Waals surface area contributed by atoms with Gasteiger partial charge in [-0.2, -0.15) is 0 Å². The Morgan fingerprint density at radius 1 is 1.27 bits per heavy atom. The fraction of sp³-hybridized carbons (Fsp3) is 0.211. The van der Waals surface area contributed by atoms with Gasteiger partial charge in [-0.25, -0.2) is 4.98 Å². The Morgan fingerprint density at radius 3 is 2.85 bits per heavy atom. The normalized spacial score (nSPS) is 16.8. The Balaban J connectivity index is 1.60. The molecule has 2 aromatic heterocycles. The monoisotopic (exact) mass is 383 g/mol. The smallest absolute Gasteiger partial charge is 0.252 e. The van der Waals surface area contributed by atoms with Crippen LogP contribution in [0.15, 0.2) is 47.2 Å². The molecular formula is C19H17N3O2S2. The van der Waals surface area contributed by atoms with Crippen LogP contribution < -0.4 is 10.6 Å². The first-order chi connectivity index (χ1) is 12.6. The zero-order valence-corrected chi connectivity index (χ0v) is 15.7. The zero-order chi connectivity index (χ0) is 18.1. The Kier molecular flexibility index (Phi) is 4.57. The third kappa shape index (κ3) is 3.27. The quantitative estimate of drug-likeness (QED) is 0.696. The molecule has 2 atom stereocenters. The molecule has 0 fully saturated rings. The number of hydrogen-bond acceptors (Lipinski definition) is 5. The summed E-state index contributed by atoms with van der Waals surface area (Å²) >= 11 is 3.02. The average molecular weight is 383 g/mol. The first-order valence-electron chi connectivity index (χ1n) is 8.27. The lowest BCUT2D eigenvalue weighted by atomic mass is 9.89. The third-order valence-corrected chi connectivity index (χ3v) is 6.29. The van der Waals surface area contributed by atoms with E-state index in [2.05, 4.69) is 15.6 Å². The first kappa shape index (κ1) is 16.9. The van der Waals surface area contributed by atoms with Gasteiger partial charge in [-0.15, -0.1) is 22.7 Å². The number of nitrogens with one attached hydrogen (secondary N) is 2. The van der Waals surface area contributed by atoms with Crippen molar-refractivity contribution in [3.63, 3.8) is 0 Å². The number of aromatic nitrogens is 1. The van der Waals surface area contributed by atoms with Crippen LogP contribution in [-0.4, -0.2) is 16.8 Å². The van der Waals surface area contributed by atoms with Crippen LogP contribution in [-0.2, 0) is 4.79 Å². The lowest BCUT2D eigenvalue weighted by Gasteiger charge is -2.23. The number of amides is 2. The topological polar surface area (TPSA) is 71.1 Å². The van der Waals surface area contributed by atoms with Crippen LogP contribution in [0.2, 0.25) is 0 Å². The van der Waals surface area contributed by atoms with Gasteiger partial charge in [-0.3, -0.25) is 9.59 Å². The molecule has 5 nitrogen and oxygen atoms in total. The lowest BCUT2D eigenvalue weighted by molar-refractivity contribution is -0.116. The van der Waals surface area contributed by atoms with Gasteiger partial charge in [-0.05, 0) is 30.0 Å². The number of carbonyl (C=O) groups excluding carboxylic acids is 2. The van der Waals surface area contributed by atoms with E-state index in [9.17, 15) is 9.59 Å². The molecule has 26 heavy (non-hydrogen) atoms. The van der Waals surface area contributed by atoms with E-state index in [-0.39, 0.29) is 30.2 Å². The molecule has 3 aromatic rings. The molecule has 2 amide bonds. The van der Waals surface area contributed by atoms with E-state index in [1.807, 2.05) is 54.1 Å².